The monoisotopic (exact) mass is 530 g/mol. The van der Waals surface area contributed by atoms with Gasteiger partial charge in [-0.2, -0.15) is 0 Å². The average molecular weight is 532 g/mol. The molecule has 2 amide bonds. The van der Waals surface area contributed by atoms with E-state index < -0.39 is 11.6 Å². The molecule has 1 N–H and O–H groups in total. The summed E-state index contributed by atoms with van der Waals surface area (Å²) in [5.41, 5.74) is 1.87. The van der Waals surface area contributed by atoms with E-state index in [-0.39, 0.29) is 24.8 Å². The van der Waals surface area contributed by atoms with Crippen molar-refractivity contribution in [3.8, 4) is 0 Å². The van der Waals surface area contributed by atoms with Crippen LogP contribution in [0, 0.1) is 0 Å². The zero-order chi connectivity index (χ0) is 25.6. The van der Waals surface area contributed by atoms with Crippen molar-refractivity contribution in [2.45, 2.75) is 51.7 Å². The van der Waals surface area contributed by atoms with Crippen LogP contribution < -0.4 is 5.32 Å². The molecule has 0 radical (unpaired) electrons. The second-order valence-electron chi connectivity index (χ2n) is 9.47. The van der Waals surface area contributed by atoms with Gasteiger partial charge in [-0.1, -0.05) is 89.4 Å². The summed E-state index contributed by atoms with van der Waals surface area (Å²) in [6.45, 7) is 5.89. The fraction of sp³-hybridized carbons (Fsp3) is 0.286. The van der Waals surface area contributed by atoms with Gasteiger partial charge >= 0.3 is 0 Å². The van der Waals surface area contributed by atoms with Gasteiger partial charge in [0.15, 0.2) is 0 Å². The van der Waals surface area contributed by atoms with E-state index in [0.29, 0.717) is 32.6 Å². The van der Waals surface area contributed by atoms with Gasteiger partial charge in [0.2, 0.25) is 11.8 Å². The molecule has 0 aliphatic heterocycles. The molecule has 0 spiro atoms. The van der Waals surface area contributed by atoms with E-state index in [9.17, 15) is 9.59 Å². The summed E-state index contributed by atoms with van der Waals surface area (Å²) in [5.74, 6) is -0.465. The van der Waals surface area contributed by atoms with Crippen LogP contribution in [0.25, 0.3) is 0 Å². The number of carbonyl (C=O) groups is 2. The third-order valence-electron chi connectivity index (χ3n) is 5.42. The summed E-state index contributed by atoms with van der Waals surface area (Å²) >= 11 is 18.9. The summed E-state index contributed by atoms with van der Waals surface area (Å²) < 4.78 is 0. The van der Waals surface area contributed by atoms with E-state index in [4.69, 9.17) is 34.8 Å². The third-order valence-corrected chi connectivity index (χ3v) is 6.38. The van der Waals surface area contributed by atoms with E-state index in [2.05, 4.69) is 5.32 Å². The van der Waals surface area contributed by atoms with Crippen LogP contribution in [0.1, 0.15) is 37.5 Å². The predicted molar refractivity (Wildman–Crippen MR) is 144 cm³/mol. The van der Waals surface area contributed by atoms with Crippen LogP contribution >= 0.6 is 34.8 Å². The fourth-order valence-corrected chi connectivity index (χ4v) is 4.42. The lowest BCUT2D eigenvalue weighted by Gasteiger charge is -2.34. The lowest BCUT2D eigenvalue weighted by atomic mass is 10.00. The lowest BCUT2D eigenvalue weighted by molar-refractivity contribution is -0.141. The second-order valence-corrected chi connectivity index (χ2v) is 10.7. The summed E-state index contributed by atoms with van der Waals surface area (Å²) in [5, 5.41) is 4.48. The lowest BCUT2D eigenvalue weighted by Crippen LogP contribution is -2.54. The van der Waals surface area contributed by atoms with Gasteiger partial charge in [0, 0.05) is 33.6 Å². The molecule has 4 nitrogen and oxygen atoms in total. The van der Waals surface area contributed by atoms with Crippen molar-refractivity contribution in [2.24, 2.45) is 0 Å². The molecule has 0 bridgehead atoms. The van der Waals surface area contributed by atoms with Gasteiger partial charge in [0.25, 0.3) is 0 Å². The van der Waals surface area contributed by atoms with Crippen molar-refractivity contribution >= 4 is 46.6 Å². The SMILES string of the molecule is CC(C)(C)NC(=O)C(Cc1ccccc1)N(Cc1ccc(Cl)cc1Cl)C(=O)Cc1ccccc1Cl. The fourth-order valence-electron chi connectivity index (χ4n) is 3.75. The Morgan fingerprint density at radius 1 is 0.857 bits per heavy atom. The van der Waals surface area contributed by atoms with E-state index in [0.717, 1.165) is 5.56 Å². The Balaban J connectivity index is 2.03. The normalized spacial score (nSPS) is 12.2. The molecule has 0 aliphatic carbocycles. The number of nitrogens with one attached hydrogen (secondary N) is 1. The van der Waals surface area contributed by atoms with Crippen LogP contribution in [-0.4, -0.2) is 28.3 Å². The van der Waals surface area contributed by atoms with E-state index in [1.165, 1.54) is 0 Å². The van der Waals surface area contributed by atoms with Gasteiger partial charge in [-0.15, -0.1) is 0 Å². The smallest absolute Gasteiger partial charge is 0.243 e. The number of hydrogen-bond donors (Lipinski definition) is 1. The van der Waals surface area contributed by atoms with Crippen LogP contribution in [-0.2, 0) is 29.0 Å². The number of carbonyl (C=O) groups excluding carboxylic acids is 2. The van der Waals surface area contributed by atoms with Crippen molar-refractivity contribution in [3.63, 3.8) is 0 Å². The van der Waals surface area contributed by atoms with Crippen molar-refractivity contribution in [2.75, 3.05) is 0 Å². The molecular weight excluding hydrogens is 503 g/mol. The molecule has 3 aromatic rings. The first-order valence-electron chi connectivity index (χ1n) is 11.4. The Labute approximate surface area is 222 Å². The van der Waals surface area contributed by atoms with Crippen molar-refractivity contribution in [3.05, 3.63) is 105 Å². The van der Waals surface area contributed by atoms with Crippen LogP contribution in [0.3, 0.4) is 0 Å². The minimum Gasteiger partial charge on any atom is -0.350 e. The van der Waals surface area contributed by atoms with Gasteiger partial charge in [-0.05, 0) is 55.7 Å². The maximum absolute atomic E-state index is 13.8. The first kappa shape index (κ1) is 27.1. The highest BCUT2D eigenvalue weighted by atomic mass is 35.5. The van der Waals surface area contributed by atoms with Crippen molar-refractivity contribution in [1.82, 2.24) is 10.2 Å². The summed E-state index contributed by atoms with van der Waals surface area (Å²) in [6, 6.07) is 21.2. The van der Waals surface area contributed by atoms with Crippen LogP contribution in [0.5, 0.6) is 0 Å². The molecule has 184 valence electrons. The first-order chi connectivity index (χ1) is 16.5. The maximum Gasteiger partial charge on any atom is 0.243 e. The Bertz CT molecular complexity index is 1180. The minimum atomic E-state index is -0.765. The number of amides is 2. The Morgan fingerprint density at radius 3 is 2.14 bits per heavy atom. The zero-order valence-corrected chi connectivity index (χ0v) is 22.3. The quantitative estimate of drug-likeness (QED) is 0.350. The summed E-state index contributed by atoms with van der Waals surface area (Å²) in [6.07, 6.45) is 0.404. The molecule has 1 unspecified atom stereocenters. The van der Waals surface area contributed by atoms with E-state index in [1.807, 2.05) is 69.3 Å². The van der Waals surface area contributed by atoms with Crippen molar-refractivity contribution < 1.29 is 9.59 Å². The molecule has 3 rings (SSSR count). The first-order valence-corrected chi connectivity index (χ1v) is 12.5. The van der Waals surface area contributed by atoms with Crippen LogP contribution in [0.4, 0.5) is 0 Å². The zero-order valence-electron chi connectivity index (χ0n) is 20.0. The molecule has 0 aromatic heterocycles. The molecule has 1 atom stereocenters. The maximum atomic E-state index is 13.8. The molecule has 0 heterocycles. The number of hydrogen-bond acceptors (Lipinski definition) is 2. The Hall–Kier alpha value is -2.53. The standard InChI is InChI=1S/C28H29Cl3N2O2/c1-28(2,3)32-27(35)25(15-19-9-5-4-6-10-19)33(18-21-13-14-22(29)17-24(21)31)26(34)16-20-11-7-8-12-23(20)30/h4-14,17,25H,15-16,18H2,1-3H3,(H,32,35). The molecular formula is C28H29Cl3N2O2. The number of rotatable bonds is 8. The number of halogens is 3. The Morgan fingerprint density at radius 2 is 1.51 bits per heavy atom. The van der Waals surface area contributed by atoms with E-state index >= 15 is 0 Å². The number of nitrogens with zero attached hydrogens (tertiary/aromatic N) is 1. The topological polar surface area (TPSA) is 49.4 Å². The highest BCUT2D eigenvalue weighted by molar-refractivity contribution is 6.35. The Kier molecular flexibility index (Phi) is 9.23. The van der Waals surface area contributed by atoms with Crippen LogP contribution in [0.15, 0.2) is 72.8 Å². The second kappa shape index (κ2) is 11.9. The van der Waals surface area contributed by atoms with Gasteiger partial charge in [0.05, 0.1) is 6.42 Å². The molecule has 7 heteroatoms. The third kappa shape index (κ3) is 7.99. The van der Waals surface area contributed by atoms with Gasteiger partial charge < -0.3 is 10.2 Å². The number of benzene rings is 3. The minimum absolute atomic E-state index is 0.0545. The summed E-state index contributed by atoms with van der Waals surface area (Å²) in [7, 11) is 0. The van der Waals surface area contributed by atoms with Crippen LogP contribution in [0.2, 0.25) is 15.1 Å². The van der Waals surface area contributed by atoms with Gasteiger partial charge in [-0.25, -0.2) is 0 Å². The molecule has 3 aromatic carbocycles. The molecule has 0 saturated heterocycles. The molecule has 0 saturated carbocycles. The highest BCUT2D eigenvalue weighted by Gasteiger charge is 2.32. The average Bonchev–Trinajstić information content (AvgIpc) is 2.78. The van der Waals surface area contributed by atoms with Gasteiger partial charge in [0.1, 0.15) is 6.04 Å². The van der Waals surface area contributed by atoms with Crippen molar-refractivity contribution in [1.29, 1.82) is 0 Å². The van der Waals surface area contributed by atoms with Gasteiger partial charge in [-0.3, -0.25) is 9.59 Å². The predicted octanol–water partition coefficient (Wildman–Crippen LogP) is 6.74. The largest absolute Gasteiger partial charge is 0.350 e. The molecule has 0 aliphatic rings. The summed E-state index contributed by atoms with van der Waals surface area (Å²) in [4.78, 5) is 28.9. The van der Waals surface area contributed by atoms with E-state index in [1.54, 1.807) is 29.2 Å². The molecule has 35 heavy (non-hydrogen) atoms. The highest BCUT2D eigenvalue weighted by Crippen LogP contribution is 2.25. The molecule has 0 fully saturated rings.